The molecule has 1 aliphatic heterocycles. The molecule has 0 N–H and O–H groups in total. The van der Waals surface area contributed by atoms with Crippen molar-refractivity contribution in [1.29, 1.82) is 0 Å². The smallest absolute Gasteiger partial charge is 0.269 e. The highest BCUT2D eigenvalue weighted by atomic mass is 16.6. The second-order valence-electron chi connectivity index (χ2n) is 3.35. The third kappa shape index (κ3) is 1.69. The van der Waals surface area contributed by atoms with Crippen LogP contribution in [0.4, 0.5) is 5.69 Å². The fraction of sp³-hybridized carbons (Fsp3) is 0.400. The van der Waals surface area contributed by atoms with Gasteiger partial charge in [-0.05, 0) is 25.3 Å². The highest BCUT2D eigenvalue weighted by molar-refractivity contribution is 5.44. The van der Waals surface area contributed by atoms with Crippen molar-refractivity contribution in [3.05, 3.63) is 33.9 Å². The number of hydrogen-bond donors (Lipinski definition) is 0. The molecular formula is C10H11NO3. The number of hydrogen-bond acceptors (Lipinski definition) is 3. The lowest BCUT2D eigenvalue weighted by molar-refractivity contribution is -0.384. The average molecular weight is 193 g/mol. The van der Waals surface area contributed by atoms with Gasteiger partial charge in [0.2, 0.25) is 0 Å². The molecule has 1 aromatic rings. The Morgan fingerprint density at radius 1 is 1.36 bits per heavy atom. The summed E-state index contributed by atoms with van der Waals surface area (Å²) in [5.74, 6) is 0.799. The molecule has 0 aromatic heterocycles. The summed E-state index contributed by atoms with van der Waals surface area (Å²) in [6.45, 7) is 0.713. The minimum Gasteiger partial charge on any atom is -0.493 e. The minimum atomic E-state index is -0.370. The van der Waals surface area contributed by atoms with Crippen LogP contribution < -0.4 is 4.74 Å². The Morgan fingerprint density at radius 2 is 2.21 bits per heavy atom. The van der Waals surface area contributed by atoms with Crippen molar-refractivity contribution in [3.63, 3.8) is 0 Å². The molecule has 0 amide bonds. The number of nitro groups is 1. The summed E-state index contributed by atoms with van der Waals surface area (Å²) in [6.07, 6.45) is 2.92. The Kier molecular flexibility index (Phi) is 2.35. The number of non-ortho nitro benzene ring substituents is 1. The second kappa shape index (κ2) is 3.65. The Hall–Kier alpha value is -1.58. The van der Waals surface area contributed by atoms with Crippen LogP contribution in [0.1, 0.15) is 18.4 Å². The Morgan fingerprint density at radius 3 is 3.00 bits per heavy atom. The quantitative estimate of drug-likeness (QED) is 0.508. The van der Waals surface area contributed by atoms with E-state index in [0.29, 0.717) is 6.61 Å². The van der Waals surface area contributed by atoms with Crippen molar-refractivity contribution in [3.8, 4) is 5.75 Å². The summed E-state index contributed by atoms with van der Waals surface area (Å²) in [4.78, 5) is 10.2. The lowest BCUT2D eigenvalue weighted by atomic mass is 10.1. The highest BCUT2D eigenvalue weighted by Gasteiger charge is 2.13. The first kappa shape index (κ1) is 8.99. The molecule has 0 saturated heterocycles. The number of fused-ring (bicyclic) bond motifs is 1. The molecular weight excluding hydrogens is 182 g/mol. The van der Waals surface area contributed by atoms with Crippen LogP contribution in [0.5, 0.6) is 5.75 Å². The first-order valence-electron chi connectivity index (χ1n) is 4.67. The molecule has 1 aromatic carbocycles. The van der Waals surface area contributed by atoms with E-state index in [2.05, 4.69) is 0 Å². The molecule has 0 bridgehead atoms. The first-order chi connectivity index (χ1) is 6.77. The van der Waals surface area contributed by atoms with Crippen molar-refractivity contribution in [2.24, 2.45) is 0 Å². The van der Waals surface area contributed by atoms with Gasteiger partial charge in [-0.2, -0.15) is 0 Å². The largest absolute Gasteiger partial charge is 0.493 e. The van der Waals surface area contributed by atoms with E-state index in [0.717, 1.165) is 30.6 Å². The molecule has 74 valence electrons. The van der Waals surface area contributed by atoms with Gasteiger partial charge >= 0.3 is 0 Å². The molecule has 0 fully saturated rings. The molecule has 14 heavy (non-hydrogen) atoms. The number of benzene rings is 1. The predicted molar refractivity (Wildman–Crippen MR) is 51.5 cm³/mol. The summed E-state index contributed by atoms with van der Waals surface area (Å²) in [6, 6.07) is 4.80. The predicted octanol–water partition coefficient (Wildman–Crippen LogP) is 2.31. The van der Waals surface area contributed by atoms with E-state index in [1.807, 2.05) is 0 Å². The summed E-state index contributed by atoms with van der Waals surface area (Å²) in [7, 11) is 0. The van der Waals surface area contributed by atoms with Gasteiger partial charge in [0.1, 0.15) is 5.75 Å². The fourth-order valence-electron chi connectivity index (χ4n) is 1.62. The summed E-state index contributed by atoms with van der Waals surface area (Å²) < 4.78 is 5.46. The van der Waals surface area contributed by atoms with Crippen LogP contribution >= 0.6 is 0 Å². The molecule has 1 aliphatic rings. The number of rotatable bonds is 1. The number of aryl methyl sites for hydroxylation is 1. The SMILES string of the molecule is O=[N+]([O-])c1ccc2c(c1)CCCCO2. The Bertz CT molecular complexity index is 362. The van der Waals surface area contributed by atoms with Crippen LogP contribution in [0.2, 0.25) is 0 Å². The fourth-order valence-corrected chi connectivity index (χ4v) is 1.62. The maximum absolute atomic E-state index is 10.5. The van der Waals surface area contributed by atoms with Gasteiger partial charge in [0.25, 0.3) is 5.69 Å². The van der Waals surface area contributed by atoms with Gasteiger partial charge in [0, 0.05) is 17.7 Å². The van der Waals surface area contributed by atoms with E-state index >= 15 is 0 Å². The molecule has 0 aliphatic carbocycles. The van der Waals surface area contributed by atoms with Crippen LogP contribution in [-0.4, -0.2) is 11.5 Å². The molecule has 4 nitrogen and oxygen atoms in total. The third-order valence-electron chi connectivity index (χ3n) is 2.35. The lowest BCUT2D eigenvalue weighted by Crippen LogP contribution is -1.95. The Balaban J connectivity index is 2.37. The standard InChI is InChI=1S/C10H11NO3/c12-11(13)9-4-5-10-8(7-9)3-1-2-6-14-10/h4-5,7H,1-3,6H2. The summed E-state index contributed by atoms with van der Waals surface area (Å²) >= 11 is 0. The first-order valence-corrected chi connectivity index (χ1v) is 4.67. The van der Waals surface area contributed by atoms with Gasteiger partial charge in [0.15, 0.2) is 0 Å². The van der Waals surface area contributed by atoms with Crippen LogP contribution in [0, 0.1) is 10.1 Å². The maximum Gasteiger partial charge on any atom is 0.269 e. The van der Waals surface area contributed by atoms with Crippen molar-refractivity contribution < 1.29 is 9.66 Å². The normalized spacial score (nSPS) is 15.1. The van der Waals surface area contributed by atoms with E-state index in [4.69, 9.17) is 4.74 Å². The van der Waals surface area contributed by atoms with Crippen molar-refractivity contribution in [1.82, 2.24) is 0 Å². The molecule has 4 heteroatoms. The molecule has 0 unspecified atom stereocenters. The van der Waals surface area contributed by atoms with Crippen LogP contribution in [-0.2, 0) is 6.42 Å². The van der Waals surface area contributed by atoms with Crippen molar-refractivity contribution in [2.45, 2.75) is 19.3 Å². The van der Waals surface area contributed by atoms with Gasteiger partial charge in [-0.25, -0.2) is 0 Å². The zero-order chi connectivity index (χ0) is 9.97. The third-order valence-corrected chi connectivity index (χ3v) is 2.35. The summed E-state index contributed by atoms with van der Waals surface area (Å²) in [5, 5.41) is 10.5. The van der Waals surface area contributed by atoms with E-state index in [-0.39, 0.29) is 10.6 Å². The molecule has 0 atom stereocenters. The molecule has 0 saturated carbocycles. The van der Waals surface area contributed by atoms with Crippen molar-refractivity contribution in [2.75, 3.05) is 6.61 Å². The van der Waals surface area contributed by atoms with Gasteiger partial charge in [0.05, 0.1) is 11.5 Å². The van der Waals surface area contributed by atoms with Crippen LogP contribution in [0.3, 0.4) is 0 Å². The molecule has 2 rings (SSSR count). The van der Waals surface area contributed by atoms with Crippen LogP contribution in [0.15, 0.2) is 18.2 Å². The zero-order valence-electron chi connectivity index (χ0n) is 7.73. The zero-order valence-corrected chi connectivity index (χ0v) is 7.73. The van der Waals surface area contributed by atoms with Crippen LogP contribution in [0.25, 0.3) is 0 Å². The second-order valence-corrected chi connectivity index (χ2v) is 3.35. The van der Waals surface area contributed by atoms with E-state index in [9.17, 15) is 10.1 Å². The molecule has 1 heterocycles. The van der Waals surface area contributed by atoms with E-state index < -0.39 is 0 Å². The van der Waals surface area contributed by atoms with Gasteiger partial charge in [-0.15, -0.1) is 0 Å². The summed E-state index contributed by atoms with van der Waals surface area (Å²) in [5.41, 5.74) is 1.10. The maximum atomic E-state index is 10.5. The Labute approximate surface area is 81.7 Å². The van der Waals surface area contributed by atoms with Gasteiger partial charge < -0.3 is 4.74 Å². The number of ether oxygens (including phenoxy) is 1. The van der Waals surface area contributed by atoms with Gasteiger partial charge in [-0.1, -0.05) is 0 Å². The van der Waals surface area contributed by atoms with E-state index in [1.54, 1.807) is 12.1 Å². The highest BCUT2D eigenvalue weighted by Crippen LogP contribution is 2.27. The number of nitrogens with zero attached hydrogens (tertiary/aromatic N) is 1. The van der Waals surface area contributed by atoms with Crippen molar-refractivity contribution >= 4 is 5.69 Å². The van der Waals surface area contributed by atoms with E-state index in [1.165, 1.54) is 6.07 Å². The lowest BCUT2D eigenvalue weighted by Gasteiger charge is -2.05. The molecule has 0 radical (unpaired) electrons. The molecule has 0 spiro atoms. The minimum absolute atomic E-state index is 0.147. The van der Waals surface area contributed by atoms with Gasteiger partial charge in [-0.3, -0.25) is 10.1 Å². The topological polar surface area (TPSA) is 52.4 Å². The monoisotopic (exact) mass is 193 g/mol. The number of nitro benzene ring substituents is 1. The average Bonchev–Trinajstić information content (AvgIpc) is 2.41.